The molecule has 0 spiro atoms. The van der Waals surface area contributed by atoms with E-state index in [0.717, 1.165) is 0 Å². The molecule has 0 aliphatic rings. The minimum Gasteiger partial charge on any atom is -0.493 e. The molecule has 0 fully saturated rings. The van der Waals surface area contributed by atoms with E-state index in [1.807, 2.05) is 0 Å². The summed E-state index contributed by atoms with van der Waals surface area (Å²) in [6.07, 6.45) is 0.112. The first kappa shape index (κ1) is 16.1. The zero-order chi connectivity index (χ0) is 17.1. The highest BCUT2D eigenvalue weighted by molar-refractivity contribution is 6.31. The van der Waals surface area contributed by atoms with E-state index in [9.17, 15) is 4.79 Å². The summed E-state index contributed by atoms with van der Waals surface area (Å²) in [5.41, 5.74) is 1.19. The fraction of sp³-hybridized carbons (Fsp3) is 0.176. The molecule has 0 aliphatic heterocycles. The molecule has 0 saturated heterocycles. The number of carboxylic acids is 1. The number of carboxylic acid groups (broad SMARTS) is 1. The highest BCUT2D eigenvalue weighted by Gasteiger charge is 2.12. The zero-order valence-electron chi connectivity index (χ0n) is 12.7. The Labute approximate surface area is 142 Å². The third-order valence-electron chi connectivity index (χ3n) is 3.28. The van der Waals surface area contributed by atoms with Crippen molar-refractivity contribution in [3.05, 3.63) is 47.5 Å². The minimum atomic E-state index is -0.897. The second-order valence-electron chi connectivity index (χ2n) is 5.22. The minimum absolute atomic E-state index is 0.0986. The highest BCUT2D eigenvalue weighted by atomic mass is 35.5. The van der Waals surface area contributed by atoms with Gasteiger partial charge in [-0.1, -0.05) is 11.6 Å². The molecule has 0 radical (unpaired) electrons. The molecule has 1 N–H and O–H groups in total. The van der Waals surface area contributed by atoms with Crippen LogP contribution in [0.25, 0.3) is 11.1 Å². The van der Waals surface area contributed by atoms with Crippen molar-refractivity contribution in [1.29, 1.82) is 0 Å². The number of hydrogen-bond donors (Lipinski definition) is 1. The maximum Gasteiger partial charge on any atom is 0.400 e. The number of rotatable bonds is 6. The van der Waals surface area contributed by atoms with Crippen LogP contribution in [0.2, 0.25) is 5.02 Å². The summed E-state index contributed by atoms with van der Waals surface area (Å²) in [6, 6.07) is 11.9. The van der Waals surface area contributed by atoms with Gasteiger partial charge < -0.3 is 19.0 Å². The number of fused-ring (bicyclic) bond motifs is 1. The highest BCUT2D eigenvalue weighted by Crippen LogP contribution is 2.28. The van der Waals surface area contributed by atoms with Crippen LogP contribution >= 0.6 is 11.6 Å². The lowest BCUT2D eigenvalue weighted by atomic mass is 10.2. The Morgan fingerprint density at radius 3 is 2.67 bits per heavy atom. The number of halogens is 1. The normalized spacial score (nSPS) is 12.1. The SMILES string of the molecule is CC(COc1ccc(Oc2nc3ccc(Cl)cc3o2)cc1)C(=O)O. The smallest absolute Gasteiger partial charge is 0.400 e. The van der Waals surface area contributed by atoms with Gasteiger partial charge in [0.15, 0.2) is 5.58 Å². The maximum atomic E-state index is 10.7. The number of aromatic nitrogens is 1. The van der Waals surface area contributed by atoms with Crippen molar-refractivity contribution < 1.29 is 23.8 Å². The van der Waals surface area contributed by atoms with Gasteiger partial charge in [0.25, 0.3) is 0 Å². The Morgan fingerprint density at radius 1 is 1.25 bits per heavy atom. The molecule has 3 aromatic rings. The number of aliphatic carboxylic acids is 1. The van der Waals surface area contributed by atoms with Gasteiger partial charge >= 0.3 is 12.0 Å². The first-order chi connectivity index (χ1) is 11.5. The molecule has 1 aromatic heterocycles. The Hall–Kier alpha value is -2.73. The Balaban J connectivity index is 1.65. The molecule has 24 heavy (non-hydrogen) atoms. The van der Waals surface area contributed by atoms with Gasteiger partial charge in [-0.3, -0.25) is 4.79 Å². The fourth-order valence-electron chi connectivity index (χ4n) is 1.92. The monoisotopic (exact) mass is 347 g/mol. The van der Waals surface area contributed by atoms with Crippen molar-refractivity contribution in [3.63, 3.8) is 0 Å². The Bertz CT molecular complexity index is 859. The zero-order valence-corrected chi connectivity index (χ0v) is 13.5. The summed E-state index contributed by atoms with van der Waals surface area (Å²) >= 11 is 5.90. The average Bonchev–Trinajstić information content (AvgIpc) is 2.95. The van der Waals surface area contributed by atoms with Gasteiger partial charge in [0, 0.05) is 11.1 Å². The van der Waals surface area contributed by atoms with E-state index in [0.29, 0.717) is 27.6 Å². The molecule has 7 heteroatoms. The van der Waals surface area contributed by atoms with E-state index >= 15 is 0 Å². The summed E-state index contributed by atoms with van der Waals surface area (Å²) in [6.45, 7) is 1.68. The summed E-state index contributed by atoms with van der Waals surface area (Å²) in [5, 5.41) is 9.38. The molecule has 2 aromatic carbocycles. The molecule has 6 nitrogen and oxygen atoms in total. The van der Waals surface area contributed by atoms with E-state index in [1.54, 1.807) is 49.4 Å². The van der Waals surface area contributed by atoms with Gasteiger partial charge in [-0.2, -0.15) is 4.98 Å². The number of hydrogen-bond acceptors (Lipinski definition) is 5. The van der Waals surface area contributed by atoms with Crippen molar-refractivity contribution in [2.75, 3.05) is 6.61 Å². The first-order valence-corrected chi connectivity index (χ1v) is 7.58. The summed E-state index contributed by atoms with van der Waals surface area (Å²) in [7, 11) is 0. The molecule has 0 aliphatic carbocycles. The van der Waals surface area contributed by atoms with Crippen molar-refractivity contribution in [2.24, 2.45) is 5.92 Å². The lowest BCUT2D eigenvalue weighted by molar-refractivity contribution is -0.142. The van der Waals surface area contributed by atoms with Gasteiger partial charge in [0.05, 0.1) is 5.92 Å². The second kappa shape index (κ2) is 6.80. The van der Waals surface area contributed by atoms with Crippen molar-refractivity contribution in [1.82, 2.24) is 4.98 Å². The van der Waals surface area contributed by atoms with Gasteiger partial charge in [-0.15, -0.1) is 0 Å². The van der Waals surface area contributed by atoms with Crippen LogP contribution < -0.4 is 9.47 Å². The van der Waals surface area contributed by atoms with E-state index in [1.165, 1.54) is 0 Å². The molecule has 0 amide bonds. The van der Waals surface area contributed by atoms with Crippen molar-refractivity contribution in [3.8, 4) is 17.6 Å². The van der Waals surface area contributed by atoms with Gasteiger partial charge in [0.1, 0.15) is 23.6 Å². The Morgan fingerprint density at radius 2 is 1.96 bits per heavy atom. The van der Waals surface area contributed by atoms with Crippen LogP contribution in [0.4, 0.5) is 0 Å². The van der Waals surface area contributed by atoms with Crippen LogP contribution in [0.1, 0.15) is 6.92 Å². The second-order valence-corrected chi connectivity index (χ2v) is 5.65. The van der Waals surface area contributed by atoms with Crippen LogP contribution in [0.3, 0.4) is 0 Å². The largest absolute Gasteiger partial charge is 0.493 e. The fourth-order valence-corrected chi connectivity index (χ4v) is 2.08. The summed E-state index contributed by atoms with van der Waals surface area (Å²) < 4.78 is 16.4. The molecule has 124 valence electrons. The number of benzene rings is 2. The molecule has 0 saturated carbocycles. The summed E-state index contributed by atoms with van der Waals surface area (Å²) in [4.78, 5) is 15.0. The average molecular weight is 348 g/mol. The first-order valence-electron chi connectivity index (χ1n) is 7.21. The number of oxazole rings is 1. The third-order valence-corrected chi connectivity index (χ3v) is 3.52. The van der Waals surface area contributed by atoms with Crippen LogP contribution in [0.15, 0.2) is 46.9 Å². The topological polar surface area (TPSA) is 81.8 Å². The lowest BCUT2D eigenvalue weighted by Crippen LogP contribution is -2.17. The number of ether oxygens (including phenoxy) is 2. The third kappa shape index (κ3) is 3.78. The molecule has 3 rings (SSSR count). The molecule has 1 heterocycles. The van der Waals surface area contributed by atoms with E-state index in [-0.39, 0.29) is 12.7 Å². The van der Waals surface area contributed by atoms with Gasteiger partial charge in [-0.05, 0) is 43.3 Å². The van der Waals surface area contributed by atoms with Crippen molar-refractivity contribution >= 4 is 28.7 Å². The van der Waals surface area contributed by atoms with E-state index in [4.69, 9.17) is 30.6 Å². The van der Waals surface area contributed by atoms with E-state index < -0.39 is 11.9 Å². The van der Waals surface area contributed by atoms with Crippen LogP contribution in [-0.4, -0.2) is 22.7 Å². The lowest BCUT2D eigenvalue weighted by Gasteiger charge is -2.09. The molecule has 1 unspecified atom stereocenters. The van der Waals surface area contributed by atoms with Gasteiger partial charge in [0.2, 0.25) is 0 Å². The van der Waals surface area contributed by atoms with Crippen LogP contribution in [0, 0.1) is 5.92 Å². The number of nitrogens with zero attached hydrogens (tertiary/aromatic N) is 1. The van der Waals surface area contributed by atoms with Crippen LogP contribution in [0.5, 0.6) is 17.6 Å². The Kier molecular flexibility index (Phi) is 4.57. The standard InChI is InChI=1S/C17H14ClNO5/c1-10(16(20)21)9-22-12-3-5-13(6-4-12)23-17-19-14-7-2-11(18)8-15(14)24-17/h2-8,10H,9H2,1H3,(H,20,21). The summed E-state index contributed by atoms with van der Waals surface area (Å²) in [5.74, 6) is -0.399. The predicted octanol–water partition coefficient (Wildman–Crippen LogP) is 4.37. The molecular weight excluding hydrogens is 334 g/mol. The predicted molar refractivity (Wildman–Crippen MR) is 87.8 cm³/mol. The molecule has 1 atom stereocenters. The number of carbonyl (C=O) groups is 1. The van der Waals surface area contributed by atoms with Gasteiger partial charge in [-0.25, -0.2) is 0 Å². The van der Waals surface area contributed by atoms with E-state index in [2.05, 4.69) is 4.98 Å². The molecular formula is C17H14ClNO5. The maximum absolute atomic E-state index is 10.7. The van der Waals surface area contributed by atoms with Crippen LogP contribution in [-0.2, 0) is 4.79 Å². The molecule has 0 bridgehead atoms. The van der Waals surface area contributed by atoms with Crippen molar-refractivity contribution in [2.45, 2.75) is 6.92 Å². The quantitative estimate of drug-likeness (QED) is 0.712.